The van der Waals surface area contributed by atoms with E-state index in [1.807, 2.05) is 0 Å². The third-order valence-electron chi connectivity index (χ3n) is 0.883. The largest absolute Gasteiger partial charge is 0.387 e. The lowest BCUT2D eigenvalue weighted by Gasteiger charge is -2.15. The van der Waals surface area contributed by atoms with Gasteiger partial charge in [-0.05, 0) is 6.92 Å². The van der Waals surface area contributed by atoms with Gasteiger partial charge >= 0.3 is 0 Å². The fourth-order valence-electron chi connectivity index (χ4n) is 0.171. The molecular formula is C4H10ClF2NO. The van der Waals surface area contributed by atoms with Crippen molar-refractivity contribution >= 4 is 12.4 Å². The molecule has 0 heterocycles. The molecule has 5 heteroatoms. The normalized spacial score (nSPS) is 14.3. The Balaban J connectivity index is 0. The van der Waals surface area contributed by atoms with Crippen molar-refractivity contribution in [3.63, 3.8) is 0 Å². The van der Waals surface area contributed by atoms with E-state index in [1.165, 1.54) is 0 Å². The molecule has 0 aliphatic heterocycles. The molecule has 58 valence electrons. The summed E-state index contributed by atoms with van der Waals surface area (Å²) < 4.78 is 23.8. The molecule has 0 aromatic heterocycles. The van der Waals surface area contributed by atoms with Crippen molar-refractivity contribution in [2.45, 2.75) is 19.0 Å². The van der Waals surface area contributed by atoms with Gasteiger partial charge in [0.1, 0.15) is 6.10 Å². The lowest BCUT2D eigenvalue weighted by molar-refractivity contribution is -0.0910. The van der Waals surface area contributed by atoms with Crippen molar-refractivity contribution in [1.82, 2.24) is 0 Å². The molecule has 0 bridgehead atoms. The molecule has 0 aliphatic rings. The van der Waals surface area contributed by atoms with Crippen LogP contribution in [-0.4, -0.2) is 23.7 Å². The van der Waals surface area contributed by atoms with E-state index in [-0.39, 0.29) is 12.4 Å². The van der Waals surface area contributed by atoms with Gasteiger partial charge in [0.15, 0.2) is 0 Å². The van der Waals surface area contributed by atoms with Crippen LogP contribution < -0.4 is 5.73 Å². The molecule has 1 unspecified atom stereocenters. The molecule has 0 aliphatic carbocycles. The topological polar surface area (TPSA) is 46.2 Å². The van der Waals surface area contributed by atoms with Gasteiger partial charge in [-0.1, -0.05) is 0 Å². The number of nitrogens with two attached hydrogens (primary N) is 1. The summed E-state index contributed by atoms with van der Waals surface area (Å²) in [6, 6.07) is 0. The Bertz CT molecular complexity index is 79.0. The van der Waals surface area contributed by atoms with E-state index in [0.717, 1.165) is 6.92 Å². The van der Waals surface area contributed by atoms with E-state index in [0.29, 0.717) is 0 Å². The summed E-state index contributed by atoms with van der Waals surface area (Å²) in [6.07, 6.45) is -1.65. The lowest BCUT2D eigenvalue weighted by Crippen LogP contribution is -2.38. The maximum Gasteiger partial charge on any atom is 0.285 e. The first-order valence-electron chi connectivity index (χ1n) is 2.26. The third-order valence-corrected chi connectivity index (χ3v) is 0.883. The summed E-state index contributed by atoms with van der Waals surface area (Å²) in [5.41, 5.74) is 4.60. The van der Waals surface area contributed by atoms with Gasteiger partial charge in [0, 0.05) is 0 Å². The predicted molar refractivity (Wildman–Crippen MR) is 32.9 cm³/mol. The number of aliphatic hydroxyl groups excluding tert-OH is 1. The second kappa shape index (κ2) is 3.98. The van der Waals surface area contributed by atoms with E-state index in [1.54, 1.807) is 0 Å². The molecule has 0 rings (SSSR count). The highest BCUT2D eigenvalue weighted by atomic mass is 35.5. The van der Waals surface area contributed by atoms with E-state index in [2.05, 4.69) is 5.73 Å². The van der Waals surface area contributed by atoms with Crippen molar-refractivity contribution in [2.24, 2.45) is 5.73 Å². The molecule has 1 atom stereocenters. The van der Waals surface area contributed by atoms with Gasteiger partial charge in [0.2, 0.25) is 0 Å². The fourth-order valence-corrected chi connectivity index (χ4v) is 0.171. The van der Waals surface area contributed by atoms with Gasteiger partial charge in [0.25, 0.3) is 5.92 Å². The van der Waals surface area contributed by atoms with Gasteiger partial charge < -0.3 is 10.8 Å². The van der Waals surface area contributed by atoms with Gasteiger partial charge in [-0.15, -0.1) is 12.4 Å². The van der Waals surface area contributed by atoms with Crippen molar-refractivity contribution in [2.75, 3.05) is 6.54 Å². The molecule has 0 spiro atoms. The summed E-state index contributed by atoms with van der Waals surface area (Å²) in [4.78, 5) is 0. The Kier molecular flexibility index (Phi) is 5.22. The quantitative estimate of drug-likeness (QED) is 0.615. The van der Waals surface area contributed by atoms with Crippen LogP contribution in [0.4, 0.5) is 8.78 Å². The van der Waals surface area contributed by atoms with Gasteiger partial charge in [-0.3, -0.25) is 0 Å². The Labute approximate surface area is 58.5 Å². The molecule has 0 aromatic carbocycles. The zero-order valence-corrected chi connectivity index (χ0v) is 5.79. The monoisotopic (exact) mass is 161 g/mol. The summed E-state index contributed by atoms with van der Waals surface area (Å²) in [7, 11) is 0. The summed E-state index contributed by atoms with van der Waals surface area (Å²) in [6.45, 7) is 0.206. The highest BCUT2D eigenvalue weighted by Gasteiger charge is 2.32. The minimum Gasteiger partial charge on any atom is -0.387 e. The maximum atomic E-state index is 11.9. The van der Waals surface area contributed by atoms with E-state index in [4.69, 9.17) is 5.11 Å². The number of halogens is 3. The summed E-state index contributed by atoms with van der Waals surface area (Å²) >= 11 is 0. The minimum atomic E-state index is -3.12. The van der Waals surface area contributed by atoms with Crippen molar-refractivity contribution in [3.05, 3.63) is 0 Å². The zero-order chi connectivity index (χ0) is 6.78. The van der Waals surface area contributed by atoms with E-state index >= 15 is 0 Å². The number of rotatable bonds is 2. The molecule has 0 amide bonds. The number of aliphatic hydroxyl groups is 1. The Hall–Kier alpha value is 0.0700. The fraction of sp³-hybridized carbons (Fsp3) is 1.00. The first kappa shape index (κ1) is 11.8. The van der Waals surface area contributed by atoms with Crippen LogP contribution in [-0.2, 0) is 0 Å². The van der Waals surface area contributed by atoms with Crippen LogP contribution in [0, 0.1) is 0 Å². The van der Waals surface area contributed by atoms with Gasteiger partial charge in [-0.25, -0.2) is 8.78 Å². The number of hydrogen-bond donors (Lipinski definition) is 2. The highest BCUT2D eigenvalue weighted by molar-refractivity contribution is 5.85. The third kappa shape index (κ3) is 3.61. The van der Waals surface area contributed by atoms with Crippen LogP contribution >= 0.6 is 12.4 Å². The minimum absolute atomic E-state index is 0. The Morgan fingerprint density at radius 3 is 2.00 bits per heavy atom. The zero-order valence-electron chi connectivity index (χ0n) is 4.97. The van der Waals surface area contributed by atoms with Crippen molar-refractivity contribution < 1.29 is 13.9 Å². The molecule has 2 nitrogen and oxygen atoms in total. The Morgan fingerprint density at radius 1 is 1.67 bits per heavy atom. The summed E-state index contributed by atoms with van der Waals surface area (Å²) in [5.74, 6) is -3.12. The van der Waals surface area contributed by atoms with Crippen molar-refractivity contribution in [1.29, 1.82) is 0 Å². The smallest absolute Gasteiger partial charge is 0.285 e. The second-order valence-corrected chi connectivity index (χ2v) is 1.64. The van der Waals surface area contributed by atoms with E-state index < -0.39 is 18.6 Å². The second-order valence-electron chi connectivity index (χ2n) is 1.64. The molecule has 0 aromatic rings. The molecular weight excluding hydrogens is 151 g/mol. The average molecular weight is 162 g/mol. The SMILES string of the molecule is CC(O)C(F)(F)CN.Cl. The predicted octanol–water partition coefficient (Wildman–Crippen LogP) is 0.383. The van der Waals surface area contributed by atoms with Crippen LogP contribution in [0.2, 0.25) is 0 Å². The molecule has 3 N–H and O–H groups in total. The van der Waals surface area contributed by atoms with Crippen LogP contribution in [0.5, 0.6) is 0 Å². The van der Waals surface area contributed by atoms with Crippen LogP contribution in [0.15, 0.2) is 0 Å². The van der Waals surface area contributed by atoms with Gasteiger partial charge in [0.05, 0.1) is 6.54 Å². The maximum absolute atomic E-state index is 11.9. The number of alkyl halides is 2. The van der Waals surface area contributed by atoms with Crippen LogP contribution in [0.1, 0.15) is 6.92 Å². The van der Waals surface area contributed by atoms with E-state index in [9.17, 15) is 8.78 Å². The lowest BCUT2D eigenvalue weighted by atomic mass is 10.2. The molecule has 9 heavy (non-hydrogen) atoms. The van der Waals surface area contributed by atoms with Crippen molar-refractivity contribution in [3.8, 4) is 0 Å². The molecule has 0 saturated heterocycles. The molecule has 0 radical (unpaired) electrons. The number of hydrogen-bond acceptors (Lipinski definition) is 2. The molecule has 0 saturated carbocycles. The first-order chi connectivity index (χ1) is 3.50. The van der Waals surface area contributed by atoms with Crippen LogP contribution in [0.3, 0.4) is 0 Å². The molecule has 0 fully saturated rings. The summed E-state index contributed by atoms with van der Waals surface area (Å²) in [5, 5.41) is 8.25. The Morgan fingerprint density at radius 2 is 2.00 bits per heavy atom. The first-order valence-corrected chi connectivity index (χ1v) is 2.26. The van der Waals surface area contributed by atoms with Crippen LogP contribution in [0.25, 0.3) is 0 Å². The van der Waals surface area contributed by atoms with Gasteiger partial charge in [-0.2, -0.15) is 0 Å². The highest BCUT2D eigenvalue weighted by Crippen LogP contribution is 2.15. The standard InChI is InChI=1S/C4H9F2NO.ClH/c1-3(8)4(5,6)2-7;/h3,8H,2,7H2,1H3;1H. The average Bonchev–Trinajstić information content (AvgIpc) is 1.67.